The number of para-hydroxylation sites is 2. The molecule has 192 valence electrons. The van der Waals surface area contributed by atoms with E-state index in [-0.39, 0.29) is 24.8 Å². The van der Waals surface area contributed by atoms with Crippen LogP contribution in [-0.2, 0) is 26.2 Å². The molecule has 0 bridgehead atoms. The van der Waals surface area contributed by atoms with Gasteiger partial charge in [-0.05, 0) is 44.4 Å². The molecular weight excluding hydrogens is 466 g/mol. The van der Waals surface area contributed by atoms with E-state index >= 15 is 0 Å². The Labute approximate surface area is 209 Å². The van der Waals surface area contributed by atoms with Gasteiger partial charge in [0.15, 0.2) is 0 Å². The zero-order valence-corrected chi connectivity index (χ0v) is 22.1. The number of anilines is 1. The van der Waals surface area contributed by atoms with Crippen molar-refractivity contribution in [2.45, 2.75) is 52.6 Å². The number of nitrogens with zero attached hydrogens (tertiary/aromatic N) is 2. The van der Waals surface area contributed by atoms with E-state index in [1.807, 2.05) is 45.0 Å². The van der Waals surface area contributed by atoms with E-state index in [1.54, 1.807) is 29.2 Å². The minimum Gasteiger partial charge on any atom is -0.495 e. The minimum atomic E-state index is -3.60. The van der Waals surface area contributed by atoms with E-state index in [1.165, 1.54) is 11.4 Å². The van der Waals surface area contributed by atoms with Gasteiger partial charge in [-0.2, -0.15) is 0 Å². The molecule has 35 heavy (non-hydrogen) atoms. The first kappa shape index (κ1) is 28.2. The smallest absolute Gasteiger partial charge is 0.242 e. The Morgan fingerprint density at radius 2 is 1.80 bits per heavy atom. The fourth-order valence-electron chi connectivity index (χ4n) is 4.04. The summed E-state index contributed by atoms with van der Waals surface area (Å²) in [7, 11) is -2.12. The van der Waals surface area contributed by atoms with E-state index in [0.717, 1.165) is 17.4 Å². The number of aryl methyl sites for hydroxylation is 1. The first-order chi connectivity index (χ1) is 16.6. The number of amides is 2. The van der Waals surface area contributed by atoms with Crippen LogP contribution in [0.15, 0.2) is 48.5 Å². The molecule has 1 unspecified atom stereocenters. The third kappa shape index (κ3) is 7.99. The molecule has 0 aliphatic carbocycles. The number of likely N-dealkylation sites (N-methyl/N-ethyl adjacent to an activating group) is 1. The minimum absolute atomic E-state index is 0.100. The maximum Gasteiger partial charge on any atom is 0.242 e. The first-order valence-corrected chi connectivity index (χ1v) is 13.7. The van der Waals surface area contributed by atoms with Gasteiger partial charge in [-0.3, -0.25) is 13.9 Å². The Hall–Kier alpha value is -3.07. The Morgan fingerprint density at radius 1 is 1.09 bits per heavy atom. The van der Waals surface area contributed by atoms with Crippen molar-refractivity contribution in [2.24, 2.45) is 0 Å². The van der Waals surface area contributed by atoms with Crippen LogP contribution in [0.25, 0.3) is 0 Å². The van der Waals surface area contributed by atoms with Crippen molar-refractivity contribution in [1.29, 1.82) is 0 Å². The lowest BCUT2D eigenvalue weighted by Crippen LogP contribution is -2.49. The van der Waals surface area contributed by atoms with Gasteiger partial charge < -0.3 is 15.0 Å². The summed E-state index contributed by atoms with van der Waals surface area (Å²) in [6.07, 6.45) is 2.00. The van der Waals surface area contributed by atoms with Gasteiger partial charge in [0.1, 0.15) is 11.8 Å². The molecule has 0 aromatic heterocycles. The molecule has 0 spiro atoms. The zero-order valence-electron chi connectivity index (χ0n) is 21.3. The van der Waals surface area contributed by atoms with Crippen LogP contribution in [-0.4, -0.2) is 57.6 Å². The highest BCUT2D eigenvalue weighted by molar-refractivity contribution is 7.92. The largest absolute Gasteiger partial charge is 0.495 e. The number of carbonyl (C=O) groups excluding carboxylic acids is 2. The average Bonchev–Trinajstić information content (AvgIpc) is 2.81. The first-order valence-electron chi connectivity index (χ1n) is 11.9. The summed E-state index contributed by atoms with van der Waals surface area (Å²) in [5.74, 6) is 0.0495. The second-order valence-electron chi connectivity index (χ2n) is 8.44. The predicted octanol–water partition coefficient (Wildman–Crippen LogP) is 3.49. The lowest BCUT2D eigenvalue weighted by atomic mass is 10.1. The lowest BCUT2D eigenvalue weighted by molar-refractivity contribution is -0.141. The van der Waals surface area contributed by atoms with E-state index in [0.29, 0.717) is 37.4 Å². The predicted molar refractivity (Wildman–Crippen MR) is 139 cm³/mol. The van der Waals surface area contributed by atoms with Crippen LogP contribution in [0.1, 0.15) is 44.2 Å². The standard InChI is InChI=1S/C26H37N3O5S/c1-6-22(26(31)27-7-2)28(19-21-13-10-12-20(3)18-21)25(30)16-11-17-29(35(5,32)33)23-14-8-9-15-24(23)34-4/h8-10,12-15,18,22H,6-7,11,16-17,19H2,1-5H3,(H,27,31). The summed E-state index contributed by atoms with van der Waals surface area (Å²) in [5.41, 5.74) is 2.43. The lowest BCUT2D eigenvalue weighted by Gasteiger charge is -2.31. The number of benzene rings is 2. The van der Waals surface area contributed by atoms with Crippen molar-refractivity contribution < 1.29 is 22.7 Å². The highest BCUT2D eigenvalue weighted by atomic mass is 32.2. The molecule has 2 aromatic rings. The van der Waals surface area contributed by atoms with Crippen molar-refractivity contribution in [3.8, 4) is 5.75 Å². The summed E-state index contributed by atoms with van der Waals surface area (Å²) in [4.78, 5) is 27.7. The maximum absolute atomic E-state index is 13.4. The van der Waals surface area contributed by atoms with E-state index in [9.17, 15) is 18.0 Å². The second-order valence-corrected chi connectivity index (χ2v) is 10.3. The molecule has 9 heteroatoms. The molecule has 2 amide bonds. The highest BCUT2D eigenvalue weighted by Gasteiger charge is 2.29. The van der Waals surface area contributed by atoms with Gasteiger partial charge in [0, 0.05) is 26.1 Å². The summed E-state index contributed by atoms with van der Waals surface area (Å²) < 4.78 is 31.6. The number of carbonyl (C=O) groups is 2. The Balaban J connectivity index is 2.23. The molecule has 1 atom stereocenters. The number of hydrogen-bond donors (Lipinski definition) is 1. The Kier molecular flexibility index (Phi) is 10.6. The fourth-order valence-corrected chi connectivity index (χ4v) is 5.01. The van der Waals surface area contributed by atoms with Crippen molar-refractivity contribution in [2.75, 3.05) is 30.8 Å². The van der Waals surface area contributed by atoms with E-state index < -0.39 is 16.1 Å². The van der Waals surface area contributed by atoms with Crippen molar-refractivity contribution in [3.05, 3.63) is 59.7 Å². The molecular formula is C26H37N3O5S. The molecule has 8 nitrogen and oxygen atoms in total. The van der Waals surface area contributed by atoms with E-state index in [4.69, 9.17) is 4.74 Å². The maximum atomic E-state index is 13.4. The average molecular weight is 504 g/mol. The van der Waals surface area contributed by atoms with Crippen LogP contribution in [0, 0.1) is 6.92 Å². The summed E-state index contributed by atoms with van der Waals surface area (Å²) >= 11 is 0. The SMILES string of the molecule is CCNC(=O)C(CC)N(Cc1cccc(C)c1)C(=O)CCCN(c1ccccc1OC)S(C)(=O)=O. The summed E-state index contributed by atoms with van der Waals surface area (Å²) in [6, 6.07) is 14.1. The number of nitrogens with one attached hydrogen (secondary N) is 1. The summed E-state index contributed by atoms with van der Waals surface area (Å²) in [5, 5.41) is 2.82. The van der Waals surface area contributed by atoms with Gasteiger partial charge in [-0.25, -0.2) is 8.42 Å². The van der Waals surface area contributed by atoms with Crippen LogP contribution >= 0.6 is 0 Å². The molecule has 2 aromatic carbocycles. The van der Waals surface area contributed by atoms with Crippen molar-refractivity contribution in [1.82, 2.24) is 10.2 Å². The Bertz CT molecular complexity index is 1100. The van der Waals surface area contributed by atoms with E-state index in [2.05, 4.69) is 5.32 Å². The van der Waals surface area contributed by atoms with Gasteiger partial charge in [-0.15, -0.1) is 0 Å². The van der Waals surface area contributed by atoms with Crippen molar-refractivity contribution in [3.63, 3.8) is 0 Å². The number of hydrogen-bond acceptors (Lipinski definition) is 5. The molecule has 1 N–H and O–H groups in total. The second kappa shape index (κ2) is 13.1. The molecule has 0 aliphatic rings. The molecule has 0 saturated carbocycles. The van der Waals surface area contributed by atoms with Crippen molar-refractivity contribution >= 4 is 27.5 Å². The van der Waals surface area contributed by atoms with Gasteiger partial charge in [0.05, 0.1) is 19.1 Å². The third-order valence-corrected chi connectivity index (χ3v) is 6.86. The number of sulfonamides is 1. The molecule has 0 aliphatic heterocycles. The van der Waals surface area contributed by atoms with Crippen LogP contribution < -0.4 is 14.4 Å². The number of ether oxygens (including phenoxy) is 1. The summed E-state index contributed by atoms with van der Waals surface area (Å²) in [6.45, 7) is 6.59. The third-order valence-electron chi connectivity index (χ3n) is 5.68. The number of rotatable bonds is 13. The molecule has 0 saturated heterocycles. The molecule has 2 rings (SSSR count). The van der Waals surface area contributed by atoms with Crippen LogP contribution in [0.5, 0.6) is 5.75 Å². The molecule has 0 heterocycles. The normalized spacial score (nSPS) is 12.0. The molecule has 0 fully saturated rings. The Morgan fingerprint density at radius 3 is 2.40 bits per heavy atom. The fraction of sp³-hybridized carbons (Fsp3) is 0.462. The van der Waals surface area contributed by atoms with Crippen LogP contribution in [0.2, 0.25) is 0 Å². The topological polar surface area (TPSA) is 96.0 Å². The number of methoxy groups -OCH3 is 1. The van der Waals surface area contributed by atoms with Crippen LogP contribution in [0.3, 0.4) is 0 Å². The molecule has 0 radical (unpaired) electrons. The van der Waals surface area contributed by atoms with Gasteiger partial charge >= 0.3 is 0 Å². The zero-order chi connectivity index (χ0) is 26.0. The van der Waals surface area contributed by atoms with Gasteiger partial charge in [-0.1, -0.05) is 48.9 Å². The quantitative estimate of drug-likeness (QED) is 0.451. The highest BCUT2D eigenvalue weighted by Crippen LogP contribution is 2.29. The van der Waals surface area contributed by atoms with Crippen LogP contribution in [0.4, 0.5) is 5.69 Å². The van der Waals surface area contributed by atoms with Gasteiger partial charge in [0.2, 0.25) is 21.8 Å². The monoisotopic (exact) mass is 503 g/mol. The van der Waals surface area contributed by atoms with Gasteiger partial charge in [0.25, 0.3) is 0 Å².